The number of methoxy groups -OCH3 is 2. The minimum atomic E-state index is -4.37. The molecule has 0 aliphatic heterocycles. The van der Waals surface area contributed by atoms with Crippen molar-refractivity contribution in [3.63, 3.8) is 0 Å². The summed E-state index contributed by atoms with van der Waals surface area (Å²) < 4.78 is 48.5. The highest BCUT2D eigenvalue weighted by Gasteiger charge is 2.29. The zero-order valence-electron chi connectivity index (χ0n) is 15.0. The molecule has 0 saturated carbocycles. The Morgan fingerprint density at radius 1 is 0.821 bits per heavy atom. The van der Waals surface area contributed by atoms with Crippen LogP contribution < -0.4 is 20.1 Å². The van der Waals surface area contributed by atoms with Crippen molar-refractivity contribution in [2.75, 3.05) is 24.9 Å². The Balaban J connectivity index is 1.78. The van der Waals surface area contributed by atoms with Gasteiger partial charge in [-0.3, -0.25) is 0 Å². The van der Waals surface area contributed by atoms with Crippen LogP contribution in [0.2, 0.25) is 0 Å². The molecule has 0 aliphatic rings. The number of rotatable bonds is 6. The number of ether oxygens (including phenoxy) is 2. The molecule has 0 fully saturated rings. The van der Waals surface area contributed by atoms with Crippen molar-refractivity contribution < 1.29 is 22.6 Å². The molecule has 0 aliphatic carbocycles. The van der Waals surface area contributed by atoms with E-state index in [2.05, 4.69) is 20.6 Å². The fraction of sp³-hybridized carbons (Fsp3) is 0.158. The summed E-state index contributed by atoms with van der Waals surface area (Å²) in [7, 11) is 3.10. The molecule has 9 heteroatoms. The van der Waals surface area contributed by atoms with E-state index in [1.54, 1.807) is 38.5 Å². The van der Waals surface area contributed by atoms with E-state index in [1.165, 1.54) is 18.5 Å². The summed E-state index contributed by atoms with van der Waals surface area (Å²) in [6, 6.07) is 11.6. The average molecular weight is 390 g/mol. The number of anilines is 4. The summed E-state index contributed by atoms with van der Waals surface area (Å²) in [5.74, 6) is 2.12. The fourth-order valence-electron chi connectivity index (χ4n) is 2.43. The van der Waals surface area contributed by atoms with Crippen molar-refractivity contribution in [1.82, 2.24) is 9.97 Å². The van der Waals surface area contributed by atoms with Gasteiger partial charge in [-0.1, -0.05) is 0 Å². The Bertz CT molecular complexity index is 947. The molecule has 1 heterocycles. The van der Waals surface area contributed by atoms with Crippen molar-refractivity contribution in [1.29, 1.82) is 0 Å². The average Bonchev–Trinajstić information content (AvgIpc) is 2.68. The monoisotopic (exact) mass is 390 g/mol. The number of aromatic nitrogens is 2. The summed E-state index contributed by atoms with van der Waals surface area (Å²) in [4.78, 5) is 8.23. The molecule has 0 unspecified atom stereocenters. The maximum Gasteiger partial charge on any atom is 0.416 e. The number of nitrogens with one attached hydrogen (secondary N) is 2. The van der Waals surface area contributed by atoms with E-state index in [9.17, 15) is 13.2 Å². The third kappa shape index (κ3) is 4.61. The van der Waals surface area contributed by atoms with Crippen LogP contribution >= 0.6 is 0 Å². The highest BCUT2D eigenvalue weighted by Crippen LogP contribution is 2.32. The van der Waals surface area contributed by atoms with Gasteiger partial charge in [0.1, 0.15) is 29.5 Å². The van der Waals surface area contributed by atoms with Gasteiger partial charge in [-0.15, -0.1) is 0 Å². The van der Waals surface area contributed by atoms with Crippen LogP contribution in [0, 0.1) is 0 Å². The van der Waals surface area contributed by atoms with Crippen molar-refractivity contribution >= 4 is 23.0 Å². The van der Waals surface area contributed by atoms with E-state index >= 15 is 0 Å². The summed E-state index contributed by atoms with van der Waals surface area (Å²) in [6.07, 6.45) is -3.04. The van der Waals surface area contributed by atoms with Gasteiger partial charge < -0.3 is 20.1 Å². The quantitative estimate of drug-likeness (QED) is 0.617. The third-order valence-corrected chi connectivity index (χ3v) is 3.82. The largest absolute Gasteiger partial charge is 0.497 e. The molecular formula is C19H17F3N4O2. The molecule has 0 atom stereocenters. The molecule has 0 bridgehead atoms. The van der Waals surface area contributed by atoms with Crippen molar-refractivity contribution in [2.24, 2.45) is 0 Å². The fourth-order valence-corrected chi connectivity index (χ4v) is 2.43. The molecule has 6 nitrogen and oxygen atoms in total. The number of hydrogen-bond acceptors (Lipinski definition) is 6. The van der Waals surface area contributed by atoms with E-state index in [0.717, 1.165) is 12.1 Å². The van der Waals surface area contributed by atoms with Gasteiger partial charge >= 0.3 is 6.18 Å². The predicted molar refractivity (Wildman–Crippen MR) is 99.6 cm³/mol. The van der Waals surface area contributed by atoms with Crippen LogP contribution in [-0.4, -0.2) is 24.2 Å². The molecule has 0 amide bonds. The Labute approximate surface area is 159 Å². The van der Waals surface area contributed by atoms with Crippen LogP contribution in [0.25, 0.3) is 0 Å². The lowest BCUT2D eigenvalue weighted by atomic mass is 10.2. The Hall–Kier alpha value is -3.49. The molecule has 0 radical (unpaired) electrons. The standard InChI is InChI=1S/C19H17F3N4O2/c1-27-14-7-8-16(28-2)15(9-14)26-18-10-17(23-11-24-18)25-13-5-3-12(4-6-13)19(20,21)22/h3-11H,1-2H3,(H2,23,24,25,26). The van der Waals surface area contributed by atoms with Crippen LogP contribution in [0.5, 0.6) is 11.5 Å². The second-order valence-electron chi connectivity index (χ2n) is 5.68. The van der Waals surface area contributed by atoms with Gasteiger partial charge in [-0.25, -0.2) is 9.97 Å². The van der Waals surface area contributed by atoms with Gasteiger partial charge in [0.15, 0.2) is 0 Å². The van der Waals surface area contributed by atoms with E-state index in [1.807, 2.05) is 0 Å². The lowest BCUT2D eigenvalue weighted by Crippen LogP contribution is -2.04. The zero-order valence-corrected chi connectivity index (χ0v) is 15.0. The normalized spacial score (nSPS) is 11.0. The maximum absolute atomic E-state index is 12.7. The molecule has 3 aromatic rings. The molecule has 2 N–H and O–H groups in total. The summed E-state index contributed by atoms with van der Waals surface area (Å²) >= 11 is 0. The zero-order chi connectivity index (χ0) is 20.1. The van der Waals surface area contributed by atoms with Crippen molar-refractivity contribution in [2.45, 2.75) is 6.18 Å². The molecule has 2 aromatic carbocycles. The second-order valence-corrected chi connectivity index (χ2v) is 5.68. The first-order chi connectivity index (χ1) is 13.4. The van der Waals surface area contributed by atoms with Gasteiger partial charge in [-0.2, -0.15) is 13.2 Å². The highest BCUT2D eigenvalue weighted by atomic mass is 19.4. The molecule has 0 spiro atoms. The molecule has 146 valence electrons. The lowest BCUT2D eigenvalue weighted by molar-refractivity contribution is -0.137. The third-order valence-electron chi connectivity index (χ3n) is 3.82. The SMILES string of the molecule is COc1ccc(OC)c(Nc2cc(Nc3ccc(C(F)(F)F)cc3)ncn2)c1. The Morgan fingerprint density at radius 3 is 2.11 bits per heavy atom. The van der Waals surface area contributed by atoms with E-state index in [-0.39, 0.29) is 0 Å². The van der Waals surface area contributed by atoms with Crippen LogP contribution in [0.4, 0.5) is 36.2 Å². The predicted octanol–water partition coefficient (Wildman–Crippen LogP) is 5.00. The highest BCUT2D eigenvalue weighted by molar-refractivity contribution is 5.68. The van der Waals surface area contributed by atoms with Gasteiger partial charge in [0.2, 0.25) is 0 Å². The van der Waals surface area contributed by atoms with E-state index < -0.39 is 11.7 Å². The van der Waals surface area contributed by atoms with Crippen LogP contribution in [0.1, 0.15) is 5.56 Å². The molecule has 3 rings (SSSR count). The summed E-state index contributed by atoms with van der Waals surface area (Å²) in [5, 5.41) is 6.05. The minimum absolute atomic E-state index is 0.416. The van der Waals surface area contributed by atoms with Gasteiger partial charge in [0, 0.05) is 17.8 Å². The van der Waals surface area contributed by atoms with Gasteiger partial charge in [0.05, 0.1) is 25.5 Å². The van der Waals surface area contributed by atoms with E-state index in [0.29, 0.717) is 34.5 Å². The Morgan fingerprint density at radius 2 is 1.50 bits per heavy atom. The maximum atomic E-state index is 12.7. The van der Waals surface area contributed by atoms with Crippen LogP contribution in [0.3, 0.4) is 0 Å². The van der Waals surface area contributed by atoms with Crippen molar-refractivity contribution in [3.8, 4) is 11.5 Å². The summed E-state index contributed by atoms with van der Waals surface area (Å²) in [6.45, 7) is 0. The first-order valence-electron chi connectivity index (χ1n) is 8.14. The lowest BCUT2D eigenvalue weighted by Gasteiger charge is -2.13. The van der Waals surface area contributed by atoms with E-state index in [4.69, 9.17) is 9.47 Å². The van der Waals surface area contributed by atoms with Gasteiger partial charge in [0.25, 0.3) is 0 Å². The molecule has 28 heavy (non-hydrogen) atoms. The Kier molecular flexibility index (Phi) is 5.53. The number of nitrogens with zero attached hydrogens (tertiary/aromatic N) is 2. The first kappa shape index (κ1) is 19.3. The molecule has 1 aromatic heterocycles. The second kappa shape index (κ2) is 8.03. The molecule has 0 saturated heterocycles. The number of benzene rings is 2. The first-order valence-corrected chi connectivity index (χ1v) is 8.14. The summed E-state index contributed by atoms with van der Waals surface area (Å²) in [5.41, 5.74) is 0.394. The van der Waals surface area contributed by atoms with Gasteiger partial charge in [-0.05, 0) is 36.4 Å². The topological polar surface area (TPSA) is 68.3 Å². The number of hydrogen-bond donors (Lipinski definition) is 2. The number of halogens is 3. The van der Waals surface area contributed by atoms with Crippen LogP contribution in [0.15, 0.2) is 54.9 Å². The van der Waals surface area contributed by atoms with Crippen LogP contribution in [-0.2, 0) is 6.18 Å². The van der Waals surface area contributed by atoms with Crippen molar-refractivity contribution in [3.05, 3.63) is 60.4 Å². The number of alkyl halides is 3. The minimum Gasteiger partial charge on any atom is -0.497 e. The molecular weight excluding hydrogens is 373 g/mol. The smallest absolute Gasteiger partial charge is 0.416 e.